The van der Waals surface area contributed by atoms with Crippen molar-refractivity contribution in [2.75, 3.05) is 10.6 Å². The fourth-order valence-electron chi connectivity index (χ4n) is 4.20. The first-order valence-electron chi connectivity index (χ1n) is 10.7. The molecule has 0 bridgehead atoms. The molecule has 5 rings (SSSR count). The van der Waals surface area contributed by atoms with Crippen LogP contribution in [0.2, 0.25) is 5.02 Å². The predicted molar refractivity (Wildman–Crippen MR) is 131 cm³/mol. The fourth-order valence-corrected chi connectivity index (χ4v) is 4.43. The number of fused-ring (bicyclic) bond motifs is 2. The molecule has 164 valence electrons. The first-order valence-corrected chi connectivity index (χ1v) is 11.1. The highest BCUT2D eigenvalue weighted by molar-refractivity contribution is 6.34. The van der Waals surface area contributed by atoms with Crippen molar-refractivity contribution < 1.29 is 9.59 Å². The van der Waals surface area contributed by atoms with Crippen LogP contribution in [0.1, 0.15) is 43.6 Å². The van der Waals surface area contributed by atoms with Crippen molar-refractivity contribution in [1.82, 2.24) is 4.57 Å². The third kappa shape index (κ3) is 4.03. The number of carbonyl (C=O) groups is 2. The van der Waals surface area contributed by atoms with Crippen LogP contribution < -0.4 is 10.6 Å². The van der Waals surface area contributed by atoms with Crippen molar-refractivity contribution in [2.24, 2.45) is 0 Å². The van der Waals surface area contributed by atoms with Crippen molar-refractivity contribution >= 4 is 34.7 Å². The maximum absolute atomic E-state index is 13.6. The summed E-state index contributed by atoms with van der Waals surface area (Å²) in [5.74, 6) is -0.334. The summed E-state index contributed by atoms with van der Waals surface area (Å²) in [6.45, 7) is 2.58. The number of nitrogens with zero attached hydrogens (tertiary/aromatic N) is 1. The summed E-state index contributed by atoms with van der Waals surface area (Å²) in [4.78, 5) is 26.2. The molecule has 0 radical (unpaired) electrons. The molecule has 1 amide bonds. The van der Waals surface area contributed by atoms with E-state index >= 15 is 0 Å². The van der Waals surface area contributed by atoms with Crippen LogP contribution in [-0.4, -0.2) is 16.3 Å². The van der Waals surface area contributed by atoms with E-state index in [1.54, 1.807) is 24.3 Å². The molecule has 1 aliphatic heterocycles. The average Bonchev–Trinajstić information content (AvgIpc) is 3.21. The number of aryl methyl sites for hydroxylation is 1. The lowest BCUT2D eigenvalue weighted by molar-refractivity contribution is 0.0966. The molecule has 0 aliphatic carbocycles. The van der Waals surface area contributed by atoms with Gasteiger partial charge in [0.15, 0.2) is 5.78 Å². The Labute approximate surface area is 197 Å². The highest BCUT2D eigenvalue weighted by Crippen LogP contribution is 2.32. The van der Waals surface area contributed by atoms with Gasteiger partial charge in [0.1, 0.15) is 6.04 Å². The van der Waals surface area contributed by atoms with Crippen molar-refractivity contribution in [1.29, 1.82) is 0 Å². The molecule has 33 heavy (non-hydrogen) atoms. The number of rotatable bonds is 4. The van der Waals surface area contributed by atoms with E-state index < -0.39 is 6.04 Å². The molecule has 0 spiro atoms. The maximum Gasteiger partial charge on any atom is 0.255 e. The monoisotopic (exact) mass is 455 g/mol. The summed E-state index contributed by atoms with van der Waals surface area (Å²) >= 11 is 6.48. The number of hydrogen-bond acceptors (Lipinski definition) is 3. The van der Waals surface area contributed by atoms with Gasteiger partial charge in [-0.25, -0.2) is 0 Å². The van der Waals surface area contributed by atoms with Crippen LogP contribution in [0.3, 0.4) is 0 Å². The molecule has 1 aliphatic rings. The number of carbonyl (C=O) groups excluding carboxylic acids is 2. The smallest absolute Gasteiger partial charge is 0.255 e. The number of hydrogen-bond donors (Lipinski definition) is 2. The standard InChI is InChI=1S/C27H22ClN3O2/c1-17-7-2-4-9-20(17)27(33)30-23-13-12-18(15-21(23)28)26(32)25-24-11-6-14-31(24)16-19-8-3-5-10-22(19)29-25/h2-15,25,29H,16H2,1H3,(H,30,33). The van der Waals surface area contributed by atoms with E-state index in [1.807, 2.05) is 61.7 Å². The van der Waals surface area contributed by atoms with Gasteiger partial charge in [-0.1, -0.05) is 48.0 Å². The Morgan fingerprint density at radius 3 is 2.61 bits per heavy atom. The van der Waals surface area contributed by atoms with E-state index in [1.165, 1.54) is 0 Å². The minimum Gasteiger partial charge on any atom is -0.370 e. The Bertz CT molecular complexity index is 1380. The molecule has 1 atom stereocenters. The second-order valence-corrected chi connectivity index (χ2v) is 8.53. The highest BCUT2D eigenvalue weighted by Gasteiger charge is 2.28. The highest BCUT2D eigenvalue weighted by atomic mass is 35.5. The van der Waals surface area contributed by atoms with E-state index in [2.05, 4.69) is 21.3 Å². The molecule has 0 fully saturated rings. The molecule has 0 saturated carbocycles. The third-order valence-electron chi connectivity index (χ3n) is 5.97. The summed E-state index contributed by atoms with van der Waals surface area (Å²) < 4.78 is 2.08. The minimum atomic E-state index is -0.549. The van der Waals surface area contributed by atoms with E-state index in [4.69, 9.17) is 11.6 Å². The molecular weight excluding hydrogens is 434 g/mol. The Morgan fingerprint density at radius 1 is 1.00 bits per heavy atom. The quantitative estimate of drug-likeness (QED) is 0.365. The summed E-state index contributed by atoms with van der Waals surface area (Å²) in [5, 5.41) is 6.57. The van der Waals surface area contributed by atoms with E-state index in [0.717, 1.165) is 22.5 Å². The second-order valence-electron chi connectivity index (χ2n) is 8.12. The normalized spacial score (nSPS) is 14.4. The largest absolute Gasteiger partial charge is 0.370 e. The van der Waals surface area contributed by atoms with Crippen LogP contribution in [-0.2, 0) is 6.54 Å². The molecule has 1 aromatic heterocycles. The van der Waals surface area contributed by atoms with Gasteiger partial charge >= 0.3 is 0 Å². The van der Waals surface area contributed by atoms with Crippen molar-refractivity contribution in [3.05, 3.63) is 118 Å². The molecule has 5 nitrogen and oxygen atoms in total. The molecule has 4 aromatic rings. The van der Waals surface area contributed by atoms with E-state index in [0.29, 0.717) is 28.4 Å². The average molecular weight is 456 g/mol. The third-order valence-corrected chi connectivity index (χ3v) is 6.28. The van der Waals surface area contributed by atoms with E-state index in [9.17, 15) is 9.59 Å². The second kappa shape index (κ2) is 8.60. The molecular formula is C27H22ClN3O2. The number of amides is 1. The van der Waals surface area contributed by atoms with Gasteiger partial charge in [0.05, 0.1) is 10.7 Å². The SMILES string of the molecule is Cc1ccccc1C(=O)Nc1ccc(C(=O)C2Nc3ccccc3Cn3cccc32)cc1Cl. The Hall–Kier alpha value is -3.83. The van der Waals surface area contributed by atoms with Crippen molar-refractivity contribution in [3.8, 4) is 0 Å². The summed E-state index contributed by atoms with van der Waals surface area (Å²) in [5.41, 5.74) is 5.34. The van der Waals surface area contributed by atoms with Gasteiger partial charge in [-0.05, 0) is 60.5 Å². The molecule has 0 saturated heterocycles. The maximum atomic E-state index is 13.6. The molecule has 2 heterocycles. The van der Waals surface area contributed by atoms with Gasteiger partial charge in [-0.3, -0.25) is 9.59 Å². The lowest BCUT2D eigenvalue weighted by Crippen LogP contribution is -2.22. The van der Waals surface area contributed by atoms with Crippen LogP contribution in [0.5, 0.6) is 0 Å². The topological polar surface area (TPSA) is 63.1 Å². The molecule has 3 aromatic carbocycles. The number of benzene rings is 3. The lowest BCUT2D eigenvalue weighted by atomic mass is 10.0. The van der Waals surface area contributed by atoms with Gasteiger partial charge in [-0.15, -0.1) is 0 Å². The van der Waals surface area contributed by atoms with Crippen LogP contribution in [0, 0.1) is 6.92 Å². The zero-order valence-electron chi connectivity index (χ0n) is 18.0. The number of aromatic nitrogens is 1. The zero-order valence-corrected chi connectivity index (χ0v) is 18.8. The van der Waals surface area contributed by atoms with Crippen LogP contribution in [0.25, 0.3) is 0 Å². The van der Waals surface area contributed by atoms with Crippen LogP contribution >= 0.6 is 11.6 Å². The Balaban J connectivity index is 1.42. The van der Waals surface area contributed by atoms with Gasteiger partial charge in [0.25, 0.3) is 5.91 Å². The Morgan fingerprint density at radius 2 is 1.79 bits per heavy atom. The van der Waals surface area contributed by atoms with Gasteiger partial charge in [0, 0.05) is 35.2 Å². The number of halogens is 1. The molecule has 6 heteroatoms. The number of anilines is 2. The summed E-state index contributed by atoms with van der Waals surface area (Å²) in [7, 11) is 0. The van der Waals surface area contributed by atoms with Gasteiger partial charge < -0.3 is 15.2 Å². The summed E-state index contributed by atoms with van der Waals surface area (Å²) in [6.07, 6.45) is 1.98. The molecule has 2 N–H and O–H groups in total. The minimum absolute atomic E-state index is 0.0923. The van der Waals surface area contributed by atoms with Crippen molar-refractivity contribution in [2.45, 2.75) is 19.5 Å². The first-order chi connectivity index (χ1) is 16.0. The number of ketones is 1. The Kier molecular flexibility index (Phi) is 5.48. The number of nitrogens with one attached hydrogen (secondary N) is 2. The van der Waals surface area contributed by atoms with Gasteiger partial charge in [-0.2, -0.15) is 0 Å². The predicted octanol–water partition coefficient (Wildman–Crippen LogP) is 6.10. The lowest BCUT2D eigenvalue weighted by Gasteiger charge is -2.18. The number of para-hydroxylation sites is 1. The van der Waals surface area contributed by atoms with E-state index in [-0.39, 0.29) is 11.7 Å². The van der Waals surface area contributed by atoms with Gasteiger partial charge in [0.2, 0.25) is 0 Å². The van der Waals surface area contributed by atoms with Crippen molar-refractivity contribution in [3.63, 3.8) is 0 Å². The zero-order chi connectivity index (χ0) is 22.9. The van der Waals surface area contributed by atoms with Crippen LogP contribution in [0.15, 0.2) is 85.1 Å². The summed E-state index contributed by atoms with van der Waals surface area (Å²) in [6, 6.07) is 23.7. The molecule has 1 unspecified atom stereocenters. The fraction of sp³-hybridized carbons (Fsp3) is 0.111. The number of Topliss-reactive ketones (excluding diaryl/α,β-unsaturated/α-hetero) is 1. The first kappa shape index (κ1) is 21.0. The van der Waals surface area contributed by atoms with Crippen LogP contribution in [0.4, 0.5) is 11.4 Å².